The molecule has 86 valence electrons. The Morgan fingerprint density at radius 2 is 2.12 bits per heavy atom. The van der Waals surface area contributed by atoms with Gasteiger partial charge in [0.15, 0.2) is 0 Å². The number of halogens is 1. The molecule has 0 saturated carbocycles. The van der Waals surface area contributed by atoms with E-state index in [0.717, 1.165) is 36.5 Å². The van der Waals surface area contributed by atoms with Gasteiger partial charge in [0.05, 0.1) is 6.04 Å². The highest BCUT2D eigenvalue weighted by Gasteiger charge is 2.28. The van der Waals surface area contributed by atoms with Crippen molar-refractivity contribution in [3.8, 4) is 0 Å². The van der Waals surface area contributed by atoms with E-state index in [4.69, 9.17) is 17.3 Å². The molecule has 2 N–H and O–H groups in total. The number of nitrogens with two attached hydrogens (primary N) is 1. The minimum atomic E-state index is -0.216. The second-order valence-corrected chi connectivity index (χ2v) is 4.59. The molecule has 1 amide bonds. The Bertz CT molecular complexity index is 377. The second kappa shape index (κ2) is 4.85. The van der Waals surface area contributed by atoms with Gasteiger partial charge in [-0.15, -0.1) is 0 Å². The lowest BCUT2D eigenvalue weighted by molar-refractivity contribution is -0.122. The molecule has 1 aliphatic rings. The lowest BCUT2D eigenvalue weighted by Crippen LogP contribution is -2.39. The Balaban J connectivity index is 2.03. The van der Waals surface area contributed by atoms with E-state index in [1.807, 2.05) is 24.3 Å². The lowest BCUT2D eigenvalue weighted by atomic mass is 10.2. The molecule has 1 atom stereocenters. The summed E-state index contributed by atoms with van der Waals surface area (Å²) in [5.41, 5.74) is 6.53. The topological polar surface area (TPSA) is 46.3 Å². The molecule has 1 aliphatic heterocycles. The van der Waals surface area contributed by atoms with Crippen LogP contribution in [0.1, 0.15) is 18.4 Å². The second-order valence-electron chi connectivity index (χ2n) is 4.16. The highest BCUT2D eigenvalue weighted by atomic mass is 35.5. The van der Waals surface area contributed by atoms with Crippen LogP contribution in [0.15, 0.2) is 24.3 Å². The maximum atomic E-state index is 11.2. The fraction of sp³-hybridized carbons (Fsp3) is 0.417. The standard InChI is InChI=1S/C12H15ClN2O/c13-10-5-3-9(4-6-10)8-15-7-1-2-11(15)12(14)16/h3-6,11H,1-2,7-8H2,(H2,14,16)/t11-/m1/s1. The smallest absolute Gasteiger partial charge is 0.234 e. The number of benzene rings is 1. The quantitative estimate of drug-likeness (QED) is 0.873. The third-order valence-electron chi connectivity index (χ3n) is 2.99. The van der Waals surface area contributed by atoms with Gasteiger partial charge in [0.2, 0.25) is 5.91 Å². The SMILES string of the molecule is NC(=O)[C@H]1CCCN1Cc1ccc(Cl)cc1. The summed E-state index contributed by atoms with van der Waals surface area (Å²) in [6.45, 7) is 1.71. The molecule has 1 heterocycles. The first-order valence-electron chi connectivity index (χ1n) is 5.44. The van der Waals surface area contributed by atoms with Crippen LogP contribution in [0.3, 0.4) is 0 Å². The molecular weight excluding hydrogens is 224 g/mol. The van der Waals surface area contributed by atoms with Crippen molar-refractivity contribution >= 4 is 17.5 Å². The van der Waals surface area contributed by atoms with Gasteiger partial charge in [-0.3, -0.25) is 9.69 Å². The minimum absolute atomic E-state index is 0.101. The number of hydrogen-bond acceptors (Lipinski definition) is 2. The van der Waals surface area contributed by atoms with Crippen molar-refractivity contribution in [1.82, 2.24) is 4.90 Å². The molecule has 0 aromatic heterocycles. The van der Waals surface area contributed by atoms with Crippen LogP contribution in [0.2, 0.25) is 5.02 Å². The minimum Gasteiger partial charge on any atom is -0.368 e. The highest BCUT2D eigenvalue weighted by Crippen LogP contribution is 2.20. The van der Waals surface area contributed by atoms with Gasteiger partial charge < -0.3 is 5.73 Å². The van der Waals surface area contributed by atoms with Crippen LogP contribution < -0.4 is 5.73 Å². The van der Waals surface area contributed by atoms with Crippen LogP contribution in [0.4, 0.5) is 0 Å². The first-order valence-corrected chi connectivity index (χ1v) is 5.82. The van der Waals surface area contributed by atoms with Crippen LogP contribution in [0.25, 0.3) is 0 Å². The van der Waals surface area contributed by atoms with Crippen LogP contribution in [0.5, 0.6) is 0 Å². The number of carbonyl (C=O) groups is 1. The molecule has 3 nitrogen and oxygen atoms in total. The molecule has 0 aliphatic carbocycles. The average Bonchev–Trinajstić information content (AvgIpc) is 2.69. The van der Waals surface area contributed by atoms with Crippen LogP contribution in [0, 0.1) is 0 Å². The molecular formula is C12H15ClN2O. The van der Waals surface area contributed by atoms with Crippen molar-refractivity contribution in [3.63, 3.8) is 0 Å². The zero-order valence-corrected chi connectivity index (χ0v) is 9.78. The Hall–Kier alpha value is -1.06. The molecule has 0 radical (unpaired) electrons. The Kier molecular flexibility index (Phi) is 3.46. The fourth-order valence-electron chi connectivity index (χ4n) is 2.16. The number of amides is 1. The van der Waals surface area contributed by atoms with E-state index in [1.54, 1.807) is 0 Å². The van der Waals surface area contributed by atoms with E-state index in [1.165, 1.54) is 0 Å². The van der Waals surface area contributed by atoms with E-state index in [9.17, 15) is 4.79 Å². The van der Waals surface area contributed by atoms with Crippen LogP contribution in [-0.2, 0) is 11.3 Å². The molecule has 1 fully saturated rings. The number of nitrogens with zero attached hydrogens (tertiary/aromatic N) is 1. The third-order valence-corrected chi connectivity index (χ3v) is 3.24. The van der Waals surface area contributed by atoms with Gasteiger partial charge in [0.1, 0.15) is 0 Å². The number of likely N-dealkylation sites (tertiary alicyclic amines) is 1. The van der Waals surface area contributed by atoms with Gasteiger partial charge in [0, 0.05) is 11.6 Å². The summed E-state index contributed by atoms with van der Waals surface area (Å²) in [6, 6.07) is 7.60. The highest BCUT2D eigenvalue weighted by molar-refractivity contribution is 6.30. The number of rotatable bonds is 3. The van der Waals surface area contributed by atoms with E-state index >= 15 is 0 Å². The maximum Gasteiger partial charge on any atom is 0.234 e. The molecule has 1 aromatic carbocycles. The largest absolute Gasteiger partial charge is 0.368 e. The summed E-state index contributed by atoms with van der Waals surface area (Å²) in [4.78, 5) is 13.3. The number of hydrogen-bond donors (Lipinski definition) is 1. The zero-order valence-electron chi connectivity index (χ0n) is 9.03. The summed E-state index contributed by atoms with van der Waals surface area (Å²) >= 11 is 5.82. The fourth-order valence-corrected chi connectivity index (χ4v) is 2.29. The first-order chi connectivity index (χ1) is 7.66. The summed E-state index contributed by atoms with van der Waals surface area (Å²) in [5.74, 6) is -0.216. The van der Waals surface area contributed by atoms with E-state index in [2.05, 4.69) is 4.90 Å². The molecule has 1 saturated heterocycles. The van der Waals surface area contributed by atoms with E-state index in [-0.39, 0.29) is 11.9 Å². The van der Waals surface area contributed by atoms with Gasteiger partial charge in [-0.2, -0.15) is 0 Å². The van der Waals surface area contributed by atoms with Gasteiger partial charge in [0.25, 0.3) is 0 Å². The molecule has 16 heavy (non-hydrogen) atoms. The predicted molar refractivity (Wildman–Crippen MR) is 64.1 cm³/mol. The zero-order chi connectivity index (χ0) is 11.5. The Morgan fingerprint density at radius 3 is 2.75 bits per heavy atom. The Labute approximate surface area is 100 Å². The van der Waals surface area contributed by atoms with E-state index in [0.29, 0.717) is 0 Å². The normalized spacial score (nSPS) is 21.2. The van der Waals surface area contributed by atoms with Gasteiger partial charge in [-0.1, -0.05) is 23.7 Å². The molecule has 0 bridgehead atoms. The number of primary amides is 1. The van der Waals surface area contributed by atoms with Gasteiger partial charge in [-0.05, 0) is 37.1 Å². The first kappa shape index (κ1) is 11.4. The predicted octanol–water partition coefficient (Wildman–Crippen LogP) is 1.79. The Morgan fingerprint density at radius 1 is 1.44 bits per heavy atom. The van der Waals surface area contributed by atoms with Crippen molar-refractivity contribution in [2.45, 2.75) is 25.4 Å². The van der Waals surface area contributed by atoms with Crippen molar-refractivity contribution in [3.05, 3.63) is 34.9 Å². The molecule has 4 heteroatoms. The lowest BCUT2D eigenvalue weighted by Gasteiger charge is -2.21. The van der Waals surface area contributed by atoms with Crippen molar-refractivity contribution in [2.24, 2.45) is 5.73 Å². The van der Waals surface area contributed by atoms with Gasteiger partial charge >= 0.3 is 0 Å². The molecule has 0 spiro atoms. The average molecular weight is 239 g/mol. The summed E-state index contributed by atoms with van der Waals surface area (Å²) in [6.07, 6.45) is 1.92. The summed E-state index contributed by atoms with van der Waals surface area (Å²) in [7, 11) is 0. The maximum absolute atomic E-state index is 11.2. The molecule has 2 rings (SSSR count). The van der Waals surface area contributed by atoms with E-state index < -0.39 is 0 Å². The molecule has 1 aromatic rings. The monoisotopic (exact) mass is 238 g/mol. The summed E-state index contributed by atoms with van der Waals surface area (Å²) < 4.78 is 0. The van der Waals surface area contributed by atoms with Crippen molar-refractivity contribution in [1.29, 1.82) is 0 Å². The van der Waals surface area contributed by atoms with Gasteiger partial charge in [-0.25, -0.2) is 0 Å². The summed E-state index contributed by atoms with van der Waals surface area (Å²) in [5, 5.41) is 0.733. The van der Waals surface area contributed by atoms with Crippen LogP contribution >= 0.6 is 11.6 Å². The third kappa shape index (κ3) is 2.54. The van der Waals surface area contributed by atoms with Crippen LogP contribution in [-0.4, -0.2) is 23.4 Å². The van der Waals surface area contributed by atoms with Crippen molar-refractivity contribution in [2.75, 3.05) is 6.54 Å². The number of carbonyl (C=O) groups excluding carboxylic acids is 1. The molecule has 0 unspecified atom stereocenters. The van der Waals surface area contributed by atoms with Crippen molar-refractivity contribution < 1.29 is 4.79 Å².